The lowest BCUT2D eigenvalue weighted by molar-refractivity contribution is 0.459. The number of rotatable bonds is 2. The van der Waals surface area contributed by atoms with Crippen LogP contribution in [0.15, 0.2) is 12.3 Å². The Bertz CT molecular complexity index is 335. The van der Waals surface area contributed by atoms with E-state index in [0.29, 0.717) is 17.6 Å². The van der Waals surface area contributed by atoms with Crippen molar-refractivity contribution in [2.75, 3.05) is 13.1 Å². The number of nitrogens with zero attached hydrogens (tertiary/aromatic N) is 1. The zero-order chi connectivity index (χ0) is 10.7. The van der Waals surface area contributed by atoms with Crippen LogP contribution in [-0.4, -0.2) is 18.1 Å². The fourth-order valence-electron chi connectivity index (χ4n) is 2.03. The highest BCUT2D eigenvalue weighted by Crippen LogP contribution is 2.26. The van der Waals surface area contributed by atoms with Gasteiger partial charge in [0.2, 0.25) is 0 Å². The second-order valence-electron chi connectivity index (χ2n) is 3.95. The number of piperidine rings is 1. The van der Waals surface area contributed by atoms with Crippen LogP contribution in [0.4, 0.5) is 0 Å². The number of hydrogen-bond acceptors (Lipinski definition) is 3. The van der Waals surface area contributed by atoms with E-state index in [9.17, 15) is 0 Å². The van der Waals surface area contributed by atoms with E-state index in [1.54, 1.807) is 0 Å². The van der Waals surface area contributed by atoms with E-state index in [1.807, 2.05) is 6.20 Å². The number of pyridine rings is 1. The summed E-state index contributed by atoms with van der Waals surface area (Å²) >= 11 is 5.93. The van der Waals surface area contributed by atoms with Gasteiger partial charge in [-0.25, -0.2) is 4.98 Å². The minimum atomic E-state index is 0.463. The molecule has 2 heterocycles. The maximum atomic E-state index is 5.93. The van der Waals surface area contributed by atoms with E-state index in [4.69, 9.17) is 17.3 Å². The summed E-state index contributed by atoms with van der Waals surface area (Å²) in [6.45, 7) is 2.64. The Balaban J connectivity index is 2.20. The van der Waals surface area contributed by atoms with E-state index in [1.165, 1.54) is 18.4 Å². The van der Waals surface area contributed by atoms with E-state index in [0.717, 1.165) is 18.7 Å². The Morgan fingerprint density at radius 1 is 1.47 bits per heavy atom. The molecule has 1 aliphatic rings. The molecule has 82 valence electrons. The third-order valence-electron chi connectivity index (χ3n) is 2.96. The molecule has 3 N–H and O–H groups in total. The first-order valence-electron chi connectivity index (χ1n) is 5.36. The SMILES string of the molecule is NCc1cc(C2CCNCC2)cnc1Cl. The lowest BCUT2D eigenvalue weighted by Crippen LogP contribution is -2.26. The zero-order valence-corrected chi connectivity index (χ0v) is 9.43. The van der Waals surface area contributed by atoms with Gasteiger partial charge in [0, 0.05) is 18.3 Å². The van der Waals surface area contributed by atoms with Gasteiger partial charge in [0.1, 0.15) is 5.15 Å². The smallest absolute Gasteiger partial charge is 0.133 e. The molecule has 0 spiro atoms. The molecule has 0 bridgehead atoms. The Labute approximate surface area is 95.0 Å². The average Bonchev–Trinajstić information content (AvgIpc) is 2.31. The van der Waals surface area contributed by atoms with Crippen molar-refractivity contribution in [3.8, 4) is 0 Å². The van der Waals surface area contributed by atoms with Gasteiger partial charge >= 0.3 is 0 Å². The normalized spacial score (nSPS) is 18.0. The molecule has 0 aliphatic carbocycles. The summed E-state index contributed by atoms with van der Waals surface area (Å²) in [6.07, 6.45) is 4.23. The Morgan fingerprint density at radius 3 is 2.87 bits per heavy atom. The third kappa shape index (κ3) is 2.48. The van der Waals surface area contributed by atoms with Crippen molar-refractivity contribution in [3.63, 3.8) is 0 Å². The van der Waals surface area contributed by atoms with Crippen molar-refractivity contribution in [1.29, 1.82) is 0 Å². The Kier molecular flexibility index (Phi) is 3.57. The first-order valence-corrected chi connectivity index (χ1v) is 5.74. The molecule has 0 saturated carbocycles. The molecular weight excluding hydrogens is 210 g/mol. The summed E-state index contributed by atoms with van der Waals surface area (Å²) < 4.78 is 0. The second kappa shape index (κ2) is 4.92. The number of aromatic nitrogens is 1. The van der Waals surface area contributed by atoms with Gasteiger partial charge < -0.3 is 11.1 Å². The van der Waals surface area contributed by atoms with Crippen LogP contribution in [0.5, 0.6) is 0 Å². The number of halogens is 1. The monoisotopic (exact) mass is 225 g/mol. The molecule has 1 aliphatic heterocycles. The summed E-state index contributed by atoms with van der Waals surface area (Å²) in [6, 6.07) is 2.10. The van der Waals surface area contributed by atoms with Crippen LogP contribution in [-0.2, 0) is 6.54 Å². The number of hydrogen-bond donors (Lipinski definition) is 2. The highest BCUT2D eigenvalue weighted by atomic mass is 35.5. The molecule has 2 rings (SSSR count). The molecule has 1 saturated heterocycles. The van der Waals surface area contributed by atoms with Crippen molar-refractivity contribution in [3.05, 3.63) is 28.5 Å². The molecule has 0 atom stereocenters. The van der Waals surface area contributed by atoms with Crippen LogP contribution in [0, 0.1) is 0 Å². The standard InChI is InChI=1S/C11H16ClN3/c12-11-9(6-13)5-10(7-15-11)8-1-3-14-4-2-8/h5,7-8,14H,1-4,6,13H2. The molecule has 4 heteroatoms. The van der Waals surface area contributed by atoms with Gasteiger partial charge in [-0.1, -0.05) is 11.6 Å². The maximum absolute atomic E-state index is 5.93. The van der Waals surface area contributed by atoms with Crippen molar-refractivity contribution in [2.45, 2.75) is 25.3 Å². The molecule has 0 radical (unpaired) electrons. The summed E-state index contributed by atoms with van der Waals surface area (Å²) in [4.78, 5) is 4.19. The van der Waals surface area contributed by atoms with Crippen LogP contribution in [0.25, 0.3) is 0 Å². The van der Waals surface area contributed by atoms with E-state index >= 15 is 0 Å². The van der Waals surface area contributed by atoms with Crippen LogP contribution >= 0.6 is 11.6 Å². The third-order valence-corrected chi connectivity index (χ3v) is 3.30. The van der Waals surface area contributed by atoms with Crippen molar-refractivity contribution >= 4 is 11.6 Å². The molecular formula is C11H16ClN3. The molecule has 0 unspecified atom stereocenters. The van der Waals surface area contributed by atoms with E-state index in [-0.39, 0.29) is 0 Å². The quantitative estimate of drug-likeness (QED) is 0.753. The summed E-state index contributed by atoms with van der Waals surface area (Å²) in [7, 11) is 0. The zero-order valence-electron chi connectivity index (χ0n) is 8.67. The van der Waals surface area contributed by atoms with Crippen molar-refractivity contribution in [2.24, 2.45) is 5.73 Å². The molecule has 1 aromatic rings. The van der Waals surface area contributed by atoms with E-state index < -0.39 is 0 Å². The minimum absolute atomic E-state index is 0.463. The highest BCUT2D eigenvalue weighted by molar-refractivity contribution is 6.30. The number of nitrogens with two attached hydrogens (primary N) is 1. The largest absolute Gasteiger partial charge is 0.326 e. The fourth-order valence-corrected chi connectivity index (χ4v) is 2.21. The van der Waals surface area contributed by atoms with E-state index in [2.05, 4.69) is 16.4 Å². The summed E-state index contributed by atoms with van der Waals surface area (Å²) in [5, 5.41) is 3.89. The first-order chi connectivity index (χ1) is 7.31. The van der Waals surface area contributed by atoms with Gasteiger partial charge in [-0.05, 0) is 43.5 Å². The maximum Gasteiger partial charge on any atom is 0.133 e. The van der Waals surface area contributed by atoms with Crippen LogP contribution < -0.4 is 11.1 Å². The van der Waals surface area contributed by atoms with Gasteiger partial charge in [0.05, 0.1) is 0 Å². The van der Waals surface area contributed by atoms with Crippen LogP contribution in [0.1, 0.15) is 29.9 Å². The predicted molar refractivity (Wildman–Crippen MR) is 62.0 cm³/mol. The van der Waals surface area contributed by atoms with Crippen molar-refractivity contribution in [1.82, 2.24) is 10.3 Å². The Hall–Kier alpha value is -0.640. The van der Waals surface area contributed by atoms with Gasteiger partial charge in [-0.15, -0.1) is 0 Å². The minimum Gasteiger partial charge on any atom is -0.326 e. The van der Waals surface area contributed by atoms with Gasteiger partial charge in [0.25, 0.3) is 0 Å². The lowest BCUT2D eigenvalue weighted by Gasteiger charge is -2.23. The highest BCUT2D eigenvalue weighted by Gasteiger charge is 2.16. The second-order valence-corrected chi connectivity index (χ2v) is 4.30. The molecule has 1 fully saturated rings. The molecule has 1 aromatic heterocycles. The van der Waals surface area contributed by atoms with Gasteiger partial charge in [-0.2, -0.15) is 0 Å². The number of nitrogens with one attached hydrogen (secondary N) is 1. The van der Waals surface area contributed by atoms with Crippen molar-refractivity contribution < 1.29 is 0 Å². The van der Waals surface area contributed by atoms with Crippen LogP contribution in [0.2, 0.25) is 5.15 Å². The van der Waals surface area contributed by atoms with Gasteiger partial charge in [-0.3, -0.25) is 0 Å². The molecule has 0 aromatic carbocycles. The Morgan fingerprint density at radius 2 is 2.20 bits per heavy atom. The van der Waals surface area contributed by atoms with Crippen LogP contribution in [0.3, 0.4) is 0 Å². The molecule has 0 amide bonds. The lowest BCUT2D eigenvalue weighted by atomic mass is 9.91. The van der Waals surface area contributed by atoms with Gasteiger partial charge in [0.15, 0.2) is 0 Å². The first kappa shape index (κ1) is 10.9. The predicted octanol–water partition coefficient (Wildman–Crippen LogP) is 1.66. The molecule has 15 heavy (non-hydrogen) atoms. The topological polar surface area (TPSA) is 50.9 Å². The fraction of sp³-hybridized carbons (Fsp3) is 0.545. The average molecular weight is 226 g/mol. The molecule has 3 nitrogen and oxygen atoms in total. The summed E-state index contributed by atoms with van der Waals surface area (Å²) in [5.41, 5.74) is 7.84. The summed E-state index contributed by atoms with van der Waals surface area (Å²) in [5.74, 6) is 0.612.